The Morgan fingerprint density at radius 1 is 1.35 bits per heavy atom. The van der Waals surface area contributed by atoms with E-state index in [-0.39, 0.29) is 0 Å². The molecule has 0 radical (unpaired) electrons. The van der Waals surface area contributed by atoms with Crippen LogP contribution in [0.25, 0.3) is 0 Å². The highest BCUT2D eigenvalue weighted by Crippen LogP contribution is 2.20. The summed E-state index contributed by atoms with van der Waals surface area (Å²) in [6.07, 6.45) is 6.46. The molecule has 4 heterocycles. The molecule has 3 fully saturated rings. The minimum absolute atomic E-state index is 0.600. The lowest BCUT2D eigenvalue weighted by atomic mass is 9.95. The zero-order valence-corrected chi connectivity index (χ0v) is 12.8. The molecule has 4 rings (SSSR count). The third-order valence-corrected chi connectivity index (χ3v) is 4.75. The molecule has 20 heavy (non-hydrogen) atoms. The lowest BCUT2D eigenvalue weighted by Crippen LogP contribution is -2.66. The second kappa shape index (κ2) is 6.24. The Hall–Kier alpha value is -0.910. The summed E-state index contributed by atoms with van der Waals surface area (Å²) in [4.78, 5) is 5.32. The van der Waals surface area contributed by atoms with E-state index in [4.69, 9.17) is 0 Å². The molecule has 2 bridgehead atoms. The third-order valence-electron chi connectivity index (χ3n) is 4.75. The fourth-order valence-corrected chi connectivity index (χ4v) is 3.66. The number of aryl methyl sites for hydroxylation is 2. The SMILES string of the molecule is CCNC(CCc1cnn(C)c1)C1CN2CCN1CC2. The van der Waals surface area contributed by atoms with Gasteiger partial charge in [-0.1, -0.05) is 6.92 Å². The highest BCUT2D eigenvalue weighted by Gasteiger charge is 2.36. The fourth-order valence-electron chi connectivity index (χ4n) is 3.66. The van der Waals surface area contributed by atoms with Crippen molar-refractivity contribution in [3.8, 4) is 0 Å². The largest absolute Gasteiger partial charge is 0.313 e. The number of fused-ring (bicyclic) bond motifs is 3. The van der Waals surface area contributed by atoms with Gasteiger partial charge in [-0.25, -0.2) is 0 Å². The van der Waals surface area contributed by atoms with Gasteiger partial charge in [0.15, 0.2) is 0 Å². The van der Waals surface area contributed by atoms with Crippen molar-refractivity contribution in [2.75, 3.05) is 39.3 Å². The van der Waals surface area contributed by atoms with Crippen molar-refractivity contribution in [3.05, 3.63) is 18.0 Å². The summed E-state index contributed by atoms with van der Waals surface area (Å²) in [5.74, 6) is 0. The molecule has 1 aromatic heterocycles. The first-order valence-electron chi connectivity index (χ1n) is 7.93. The van der Waals surface area contributed by atoms with Crippen LogP contribution in [0.5, 0.6) is 0 Å². The number of hydrogen-bond donors (Lipinski definition) is 1. The van der Waals surface area contributed by atoms with E-state index in [1.165, 1.54) is 44.7 Å². The van der Waals surface area contributed by atoms with Gasteiger partial charge < -0.3 is 5.32 Å². The van der Waals surface area contributed by atoms with Gasteiger partial charge in [0.25, 0.3) is 0 Å². The lowest BCUT2D eigenvalue weighted by molar-refractivity contribution is -0.00416. The van der Waals surface area contributed by atoms with Crippen LogP contribution in [-0.2, 0) is 13.5 Å². The predicted molar refractivity (Wildman–Crippen MR) is 80.8 cm³/mol. The van der Waals surface area contributed by atoms with Crippen LogP contribution in [0.3, 0.4) is 0 Å². The summed E-state index contributed by atoms with van der Waals surface area (Å²) in [6.45, 7) is 9.54. The fraction of sp³-hybridized carbons (Fsp3) is 0.800. The van der Waals surface area contributed by atoms with E-state index < -0.39 is 0 Å². The Bertz CT molecular complexity index is 422. The molecule has 5 heteroatoms. The molecule has 5 nitrogen and oxygen atoms in total. The van der Waals surface area contributed by atoms with Gasteiger partial charge in [0.05, 0.1) is 6.20 Å². The molecule has 3 saturated heterocycles. The van der Waals surface area contributed by atoms with Gasteiger partial charge in [-0.3, -0.25) is 14.5 Å². The molecular weight excluding hydrogens is 250 g/mol. The summed E-state index contributed by atoms with van der Waals surface area (Å²) in [5.41, 5.74) is 1.35. The van der Waals surface area contributed by atoms with Gasteiger partial charge in [-0.15, -0.1) is 0 Å². The van der Waals surface area contributed by atoms with Crippen LogP contribution in [0.4, 0.5) is 0 Å². The van der Waals surface area contributed by atoms with Crippen LogP contribution in [0.15, 0.2) is 12.4 Å². The van der Waals surface area contributed by atoms with Gasteiger partial charge >= 0.3 is 0 Å². The Kier molecular flexibility index (Phi) is 4.38. The Morgan fingerprint density at radius 3 is 2.70 bits per heavy atom. The first kappa shape index (κ1) is 14.0. The summed E-state index contributed by atoms with van der Waals surface area (Å²) in [5, 5.41) is 7.99. The van der Waals surface area contributed by atoms with Gasteiger partial charge in [-0.05, 0) is 24.9 Å². The molecule has 1 N–H and O–H groups in total. The highest BCUT2D eigenvalue weighted by molar-refractivity contribution is 5.05. The zero-order valence-electron chi connectivity index (χ0n) is 12.8. The Balaban J connectivity index is 1.60. The monoisotopic (exact) mass is 277 g/mol. The van der Waals surface area contributed by atoms with Crippen LogP contribution >= 0.6 is 0 Å². The van der Waals surface area contributed by atoms with Crippen molar-refractivity contribution >= 4 is 0 Å². The molecule has 112 valence electrons. The van der Waals surface area contributed by atoms with Gasteiger partial charge in [0, 0.05) is 58.1 Å². The van der Waals surface area contributed by atoms with E-state index in [0.717, 1.165) is 13.0 Å². The van der Waals surface area contributed by atoms with E-state index in [9.17, 15) is 0 Å². The summed E-state index contributed by atoms with van der Waals surface area (Å²) in [6, 6.07) is 1.29. The van der Waals surface area contributed by atoms with Crippen molar-refractivity contribution in [2.24, 2.45) is 7.05 Å². The third kappa shape index (κ3) is 3.05. The van der Waals surface area contributed by atoms with Gasteiger partial charge in [-0.2, -0.15) is 5.10 Å². The van der Waals surface area contributed by atoms with Crippen molar-refractivity contribution in [3.63, 3.8) is 0 Å². The van der Waals surface area contributed by atoms with Crippen molar-refractivity contribution in [1.82, 2.24) is 24.9 Å². The quantitative estimate of drug-likeness (QED) is 0.813. The number of aromatic nitrogens is 2. The topological polar surface area (TPSA) is 36.3 Å². The van der Waals surface area contributed by atoms with E-state index >= 15 is 0 Å². The molecule has 0 saturated carbocycles. The number of hydrogen-bond acceptors (Lipinski definition) is 4. The first-order valence-corrected chi connectivity index (χ1v) is 7.93. The van der Waals surface area contributed by atoms with Crippen LogP contribution in [0, 0.1) is 0 Å². The summed E-state index contributed by atoms with van der Waals surface area (Å²) in [7, 11) is 1.99. The maximum absolute atomic E-state index is 4.27. The summed E-state index contributed by atoms with van der Waals surface area (Å²) < 4.78 is 1.90. The second-order valence-corrected chi connectivity index (χ2v) is 6.13. The van der Waals surface area contributed by atoms with Crippen molar-refractivity contribution in [2.45, 2.75) is 31.8 Å². The van der Waals surface area contributed by atoms with E-state index in [0.29, 0.717) is 12.1 Å². The molecule has 0 amide bonds. The number of nitrogens with zero attached hydrogens (tertiary/aromatic N) is 4. The predicted octanol–water partition coefficient (Wildman–Crippen LogP) is 0.331. The minimum atomic E-state index is 0.600. The smallest absolute Gasteiger partial charge is 0.0521 e. The molecule has 2 atom stereocenters. The maximum atomic E-state index is 4.27. The molecular formula is C15H27N5. The first-order chi connectivity index (χ1) is 9.76. The molecule has 0 spiro atoms. The second-order valence-electron chi connectivity index (χ2n) is 6.13. The van der Waals surface area contributed by atoms with E-state index in [1.807, 2.05) is 17.9 Å². The standard InChI is InChI=1S/C15H27N5/c1-3-16-14(5-4-13-10-17-18(2)11-13)15-12-19-6-8-20(15)9-7-19/h10-11,14-16H,3-9,12H2,1-2H3. The minimum Gasteiger partial charge on any atom is -0.313 e. The average molecular weight is 277 g/mol. The molecule has 2 unspecified atom stereocenters. The zero-order chi connectivity index (χ0) is 13.9. The lowest BCUT2D eigenvalue weighted by Gasteiger charge is -2.50. The molecule has 0 aromatic carbocycles. The highest BCUT2D eigenvalue weighted by atomic mass is 15.4. The number of rotatable bonds is 6. The number of piperazine rings is 3. The molecule has 1 aromatic rings. The number of likely N-dealkylation sites (N-methyl/N-ethyl adjacent to an activating group) is 1. The van der Waals surface area contributed by atoms with Crippen LogP contribution < -0.4 is 5.32 Å². The van der Waals surface area contributed by atoms with Crippen LogP contribution in [0.2, 0.25) is 0 Å². The normalized spacial score (nSPS) is 30.6. The average Bonchev–Trinajstić information content (AvgIpc) is 2.90. The van der Waals surface area contributed by atoms with Gasteiger partial charge in [0.2, 0.25) is 0 Å². The van der Waals surface area contributed by atoms with E-state index in [2.05, 4.69) is 33.3 Å². The molecule has 3 aliphatic rings. The Morgan fingerprint density at radius 2 is 2.15 bits per heavy atom. The van der Waals surface area contributed by atoms with Crippen LogP contribution in [0.1, 0.15) is 18.9 Å². The molecule has 0 aliphatic carbocycles. The Labute approximate surface area is 121 Å². The van der Waals surface area contributed by atoms with E-state index in [1.54, 1.807) is 0 Å². The van der Waals surface area contributed by atoms with Gasteiger partial charge in [0.1, 0.15) is 0 Å². The number of nitrogens with one attached hydrogen (secondary N) is 1. The van der Waals surface area contributed by atoms with Crippen LogP contribution in [-0.4, -0.2) is 70.9 Å². The molecule has 3 aliphatic heterocycles. The van der Waals surface area contributed by atoms with Crippen molar-refractivity contribution in [1.29, 1.82) is 0 Å². The summed E-state index contributed by atoms with van der Waals surface area (Å²) >= 11 is 0. The van der Waals surface area contributed by atoms with Crippen molar-refractivity contribution < 1.29 is 0 Å². The maximum Gasteiger partial charge on any atom is 0.0521 e.